The van der Waals surface area contributed by atoms with Crippen molar-refractivity contribution >= 4 is 0 Å². The Labute approximate surface area is 186 Å². The molecule has 10 heteroatoms. The summed E-state index contributed by atoms with van der Waals surface area (Å²) in [6.45, 7) is -0.844. The lowest BCUT2D eigenvalue weighted by atomic mass is 10.0. The van der Waals surface area contributed by atoms with Gasteiger partial charge in [0.2, 0.25) is 0 Å². The van der Waals surface area contributed by atoms with Gasteiger partial charge in [-0.25, -0.2) is 8.78 Å². The molecule has 33 heavy (non-hydrogen) atoms. The van der Waals surface area contributed by atoms with Gasteiger partial charge in [-0.2, -0.15) is 13.2 Å². The number of alkyl halides is 4. The maximum atomic E-state index is 13.8. The lowest BCUT2D eigenvalue weighted by Crippen LogP contribution is -2.03. The van der Waals surface area contributed by atoms with Crippen LogP contribution < -0.4 is 19.2 Å². The van der Waals surface area contributed by atoms with Gasteiger partial charge in [0.25, 0.3) is 0 Å². The minimum absolute atomic E-state index is 0.0187. The Kier molecular flexibility index (Phi) is 8.84. The molecule has 0 aliphatic heterocycles. The van der Waals surface area contributed by atoms with Crippen molar-refractivity contribution < 1.29 is 45.6 Å². The largest absolute Gasteiger partial charge is 0.496 e. The third-order valence-corrected chi connectivity index (χ3v) is 4.47. The molecule has 0 radical (unpaired) electrons. The summed E-state index contributed by atoms with van der Waals surface area (Å²) in [7, 11) is 4.54. The van der Waals surface area contributed by atoms with Crippen molar-refractivity contribution in [3.63, 3.8) is 0 Å². The van der Waals surface area contributed by atoms with Crippen LogP contribution >= 0.6 is 0 Å². The van der Waals surface area contributed by atoms with Crippen LogP contribution in [0, 0.1) is 5.82 Å². The first kappa shape index (κ1) is 25.7. The highest BCUT2D eigenvalue weighted by molar-refractivity contribution is 5.78. The van der Waals surface area contributed by atoms with Crippen molar-refractivity contribution in [2.75, 3.05) is 21.3 Å². The minimum atomic E-state index is -4.39. The summed E-state index contributed by atoms with van der Waals surface area (Å²) in [6.07, 6.45) is -4.39. The molecule has 3 rings (SSSR count). The van der Waals surface area contributed by atoms with Crippen molar-refractivity contribution in [1.82, 2.24) is 0 Å². The predicted octanol–water partition coefficient (Wildman–Crippen LogP) is 6.96. The Morgan fingerprint density at radius 3 is 1.73 bits per heavy atom. The van der Waals surface area contributed by atoms with E-state index in [9.17, 15) is 26.5 Å². The summed E-state index contributed by atoms with van der Waals surface area (Å²) >= 11 is 0. The first-order chi connectivity index (χ1) is 15.7. The number of rotatable bonds is 6. The molecule has 4 nitrogen and oxygen atoms in total. The molecule has 0 heterocycles. The van der Waals surface area contributed by atoms with Gasteiger partial charge in [0, 0.05) is 22.2 Å². The summed E-state index contributed by atoms with van der Waals surface area (Å²) in [5.74, 6) is 0.684. The highest BCUT2D eigenvalue weighted by Crippen LogP contribution is 2.42. The van der Waals surface area contributed by atoms with E-state index >= 15 is 0 Å². The predicted molar refractivity (Wildman–Crippen MR) is 109 cm³/mol. The molecule has 0 saturated heterocycles. The number of hydrogen-bond donors (Lipinski definition) is 0. The fourth-order valence-electron chi connectivity index (χ4n) is 2.80. The van der Waals surface area contributed by atoms with Crippen LogP contribution in [0.25, 0.3) is 11.1 Å². The van der Waals surface area contributed by atoms with Crippen LogP contribution in [-0.4, -0.2) is 21.3 Å². The molecule has 178 valence electrons. The second kappa shape index (κ2) is 11.3. The summed E-state index contributed by atoms with van der Waals surface area (Å²) < 4.78 is 89.3. The standard InChI is InChI=1S/C16H16F2O3.C7H4F4O/c1-19-12-7-14(20-2)16(15(8-12)21-3)10-4-5-11(9-17)13(18)6-10;8-7(9,10)5-1-3-6(12-11)4-2-5/h4-8H,9H2,1-3H3;1-4H. The Bertz CT molecular complexity index is 1030. The van der Waals surface area contributed by atoms with Crippen LogP contribution in [0.2, 0.25) is 0 Å². The van der Waals surface area contributed by atoms with Crippen LogP contribution in [0.5, 0.6) is 23.0 Å². The van der Waals surface area contributed by atoms with Crippen LogP contribution in [0.4, 0.5) is 26.5 Å². The van der Waals surface area contributed by atoms with Crippen LogP contribution in [0.15, 0.2) is 54.6 Å². The van der Waals surface area contributed by atoms with E-state index in [1.807, 2.05) is 0 Å². The third-order valence-electron chi connectivity index (χ3n) is 4.47. The van der Waals surface area contributed by atoms with Gasteiger partial charge in [-0.15, -0.1) is 0 Å². The fraction of sp³-hybridized carbons (Fsp3) is 0.217. The highest BCUT2D eigenvalue weighted by Gasteiger charge is 2.30. The van der Waals surface area contributed by atoms with E-state index in [2.05, 4.69) is 4.94 Å². The van der Waals surface area contributed by atoms with E-state index in [4.69, 9.17) is 14.2 Å². The van der Waals surface area contributed by atoms with Gasteiger partial charge in [-0.3, -0.25) is 4.94 Å². The molecule has 0 unspecified atom stereocenters. The van der Waals surface area contributed by atoms with Crippen molar-refractivity contribution in [3.05, 3.63) is 71.5 Å². The molecule has 0 aromatic heterocycles. The van der Waals surface area contributed by atoms with Gasteiger partial charge in [0.1, 0.15) is 29.7 Å². The lowest BCUT2D eigenvalue weighted by Gasteiger charge is -2.15. The van der Waals surface area contributed by atoms with Crippen LogP contribution in [0.1, 0.15) is 11.1 Å². The number of hydrogen-bond acceptors (Lipinski definition) is 4. The van der Waals surface area contributed by atoms with Crippen molar-refractivity contribution in [2.45, 2.75) is 12.9 Å². The molecular weight excluding hydrogens is 454 g/mol. The number of ether oxygens (including phenoxy) is 3. The van der Waals surface area contributed by atoms with Gasteiger partial charge >= 0.3 is 6.18 Å². The second-order valence-electron chi connectivity index (χ2n) is 6.45. The van der Waals surface area contributed by atoms with E-state index < -0.39 is 24.2 Å². The zero-order chi connectivity index (χ0) is 24.6. The molecule has 0 atom stereocenters. The summed E-state index contributed by atoms with van der Waals surface area (Å²) in [4.78, 5) is 3.21. The molecule has 0 aliphatic rings. The quantitative estimate of drug-likeness (QED) is 0.362. The molecule has 0 N–H and O–H groups in total. The maximum absolute atomic E-state index is 13.8. The zero-order valence-electron chi connectivity index (χ0n) is 17.8. The van der Waals surface area contributed by atoms with Crippen LogP contribution in [-0.2, 0) is 12.9 Å². The molecule has 3 aromatic rings. The van der Waals surface area contributed by atoms with Crippen molar-refractivity contribution in [3.8, 4) is 34.1 Å². The van der Waals surface area contributed by atoms with E-state index in [0.717, 1.165) is 24.3 Å². The van der Waals surface area contributed by atoms with Crippen molar-refractivity contribution in [1.29, 1.82) is 0 Å². The third kappa shape index (κ3) is 6.47. The molecule has 0 saturated carbocycles. The first-order valence-corrected chi connectivity index (χ1v) is 9.29. The van der Waals surface area contributed by atoms with E-state index in [-0.39, 0.29) is 11.3 Å². The molecule has 0 bridgehead atoms. The smallest absolute Gasteiger partial charge is 0.416 e. The van der Waals surface area contributed by atoms with Gasteiger partial charge in [0.15, 0.2) is 5.75 Å². The Morgan fingerprint density at radius 2 is 1.33 bits per heavy atom. The normalized spacial score (nSPS) is 10.7. The van der Waals surface area contributed by atoms with E-state index in [1.54, 1.807) is 18.2 Å². The molecular formula is C23H20F6O4. The SMILES string of the molecule is COc1cc(OC)c(-c2ccc(CF)c(F)c2)c(OC)c1.FOc1ccc(C(F)(F)F)cc1. The Hall–Kier alpha value is -3.56. The molecule has 0 amide bonds. The van der Waals surface area contributed by atoms with Gasteiger partial charge in [0.05, 0.1) is 32.5 Å². The summed E-state index contributed by atoms with van der Waals surface area (Å²) in [6, 6.07) is 11.0. The Balaban J connectivity index is 0.000000273. The molecule has 3 aromatic carbocycles. The fourth-order valence-corrected chi connectivity index (χ4v) is 2.80. The average molecular weight is 474 g/mol. The van der Waals surface area contributed by atoms with E-state index in [0.29, 0.717) is 28.4 Å². The lowest BCUT2D eigenvalue weighted by molar-refractivity contribution is -0.137. The highest BCUT2D eigenvalue weighted by atomic mass is 19.4. The van der Waals surface area contributed by atoms with Gasteiger partial charge in [-0.05, 0) is 35.9 Å². The molecule has 0 spiro atoms. The summed E-state index contributed by atoms with van der Waals surface area (Å²) in [5, 5.41) is 0. The topological polar surface area (TPSA) is 36.9 Å². The molecule has 0 aliphatic carbocycles. The number of benzene rings is 3. The number of methoxy groups -OCH3 is 3. The van der Waals surface area contributed by atoms with Gasteiger partial charge < -0.3 is 14.2 Å². The average Bonchev–Trinajstić information content (AvgIpc) is 2.82. The second-order valence-corrected chi connectivity index (χ2v) is 6.45. The number of halogens is 6. The van der Waals surface area contributed by atoms with Gasteiger partial charge in [-0.1, -0.05) is 12.1 Å². The zero-order valence-corrected chi connectivity index (χ0v) is 17.8. The Morgan fingerprint density at radius 1 is 0.758 bits per heavy atom. The monoisotopic (exact) mass is 474 g/mol. The van der Waals surface area contributed by atoms with Crippen molar-refractivity contribution in [2.24, 2.45) is 0 Å². The van der Waals surface area contributed by atoms with E-state index in [1.165, 1.54) is 33.5 Å². The maximum Gasteiger partial charge on any atom is 0.416 e. The minimum Gasteiger partial charge on any atom is -0.496 e. The first-order valence-electron chi connectivity index (χ1n) is 9.29. The molecule has 0 fully saturated rings. The van der Waals surface area contributed by atoms with Crippen LogP contribution in [0.3, 0.4) is 0 Å². The summed E-state index contributed by atoms with van der Waals surface area (Å²) in [5.41, 5.74) is 0.319.